The number of pyridine rings is 1. The molecule has 192 valence electrons. The number of H-pyrrole nitrogens is 1. The molecule has 5 rings (SSSR count). The zero-order chi connectivity index (χ0) is 26.0. The Morgan fingerprint density at radius 3 is 2.65 bits per heavy atom. The molecular formula is C26H26F3N7O. The van der Waals surface area contributed by atoms with E-state index in [4.69, 9.17) is 4.98 Å². The van der Waals surface area contributed by atoms with Gasteiger partial charge in [-0.1, -0.05) is 6.07 Å². The highest BCUT2D eigenvalue weighted by Gasteiger charge is 2.34. The summed E-state index contributed by atoms with van der Waals surface area (Å²) < 4.78 is 37.5. The Hall–Kier alpha value is -3.86. The van der Waals surface area contributed by atoms with Gasteiger partial charge in [0.25, 0.3) is 0 Å². The number of fused-ring (bicyclic) bond motifs is 1. The van der Waals surface area contributed by atoms with Gasteiger partial charge in [-0.25, -0.2) is 15.0 Å². The molecule has 4 aromatic rings. The lowest BCUT2D eigenvalue weighted by Crippen LogP contribution is -2.49. The molecule has 1 aliphatic rings. The molecule has 8 nitrogen and oxygen atoms in total. The summed E-state index contributed by atoms with van der Waals surface area (Å²) in [5.41, 5.74) is 6.56. The quantitative estimate of drug-likeness (QED) is 0.424. The molecule has 1 amide bonds. The minimum absolute atomic E-state index is 0.294. The number of aromatic amines is 1. The predicted molar refractivity (Wildman–Crippen MR) is 131 cm³/mol. The molecule has 3 aromatic heterocycles. The molecule has 37 heavy (non-hydrogen) atoms. The zero-order valence-electron chi connectivity index (χ0n) is 20.3. The van der Waals surface area contributed by atoms with Gasteiger partial charge in [-0.2, -0.15) is 13.2 Å². The molecule has 4 heterocycles. The Labute approximate surface area is 211 Å². The molecule has 11 heteroatoms. The first-order chi connectivity index (χ1) is 17.7. The van der Waals surface area contributed by atoms with Crippen LogP contribution in [0.15, 0.2) is 49.1 Å². The monoisotopic (exact) mass is 509 g/mol. The highest BCUT2D eigenvalue weighted by molar-refractivity contribution is 5.81. The molecule has 0 unspecified atom stereocenters. The maximum absolute atomic E-state index is 12.5. The third-order valence-corrected chi connectivity index (χ3v) is 6.41. The summed E-state index contributed by atoms with van der Waals surface area (Å²) in [5.74, 6) is -0.0588. The van der Waals surface area contributed by atoms with E-state index >= 15 is 0 Å². The average molecular weight is 510 g/mol. The van der Waals surface area contributed by atoms with Crippen molar-refractivity contribution in [3.05, 3.63) is 71.7 Å². The van der Waals surface area contributed by atoms with Gasteiger partial charge in [-0.15, -0.1) is 0 Å². The van der Waals surface area contributed by atoms with E-state index in [2.05, 4.69) is 24.8 Å². The lowest BCUT2D eigenvalue weighted by atomic mass is 10.1. The second-order valence-electron chi connectivity index (χ2n) is 9.25. The van der Waals surface area contributed by atoms with Gasteiger partial charge in [0.2, 0.25) is 5.91 Å². The van der Waals surface area contributed by atoms with Gasteiger partial charge >= 0.3 is 6.18 Å². The summed E-state index contributed by atoms with van der Waals surface area (Å²) in [6.45, 7) is 4.26. The zero-order valence-corrected chi connectivity index (χ0v) is 20.3. The number of rotatable bonds is 6. The summed E-state index contributed by atoms with van der Waals surface area (Å²) >= 11 is 0. The van der Waals surface area contributed by atoms with Crippen molar-refractivity contribution >= 4 is 16.9 Å². The maximum Gasteiger partial charge on any atom is 0.397 e. The Bertz CT molecular complexity index is 1410. The normalized spacial score (nSPS) is 14.9. The van der Waals surface area contributed by atoms with Crippen LogP contribution >= 0.6 is 0 Å². The van der Waals surface area contributed by atoms with Crippen LogP contribution in [0.25, 0.3) is 22.3 Å². The van der Waals surface area contributed by atoms with E-state index < -0.39 is 18.5 Å². The summed E-state index contributed by atoms with van der Waals surface area (Å²) in [6, 6.07) is 9.95. The Morgan fingerprint density at radius 1 is 1.08 bits per heavy atom. The summed E-state index contributed by atoms with van der Waals surface area (Å²) in [4.78, 5) is 36.3. The molecule has 0 atom stereocenters. The van der Waals surface area contributed by atoms with E-state index in [9.17, 15) is 18.0 Å². The highest BCUT2D eigenvalue weighted by Crippen LogP contribution is 2.25. The first-order valence-corrected chi connectivity index (χ1v) is 12.0. The smallest absolute Gasteiger partial charge is 0.342 e. The topological polar surface area (TPSA) is 90.9 Å². The van der Waals surface area contributed by atoms with Gasteiger partial charge in [-0.05, 0) is 42.3 Å². The number of aromatic nitrogens is 5. The van der Waals surface area contributed by atoms with Crippen molar-refractivity contribution in [1.29, 1.82) is 0 Å². The maximum atomic E-state index is 12.5. The van der Waals surface area contributed by atoms with Crippen molar-refractivity contribution in [3.8, 4) is 11.3 Å². The van der Waals surface area contributed by atoms with Crippen LogP contribution in [0.5, 0.6) is 0 Å². The number of benzene rings is 1. The number of imidazole rings is 1. The minimum Gasteiger partial charge on any atom is -0.342 e. The van der Waals surface area contributed by atoms with Crippen LogP contribution in [0.1, 0.15) is 29.1 Å². The number of nitrogens with one attached hydrogen (secondary N) is 1. The van der Waals surface area contributed by atoms with E-state index in [0.29, 0.717) is 39.1 Å². The number of aryl methyl sites for hydroxylation is 1. The van der Waals surface area contributed by atoms with Gasteiger partial charge < -0.3 is 9.88 Å². The molecule has 0 radical (unpaired) electrons. The van der Waals surface area contributed by atoms with E-state index in [1.807, 2.05) is 37.3 Å². The van der Waals surface area contributed by atoms with E-state index in [1.54, 1.807) is 12.4 Å². The van der Waals surface area contributed by atoms with Gasteiger partial charge in [0.05, 0.1) is 16.7 Å². The van der Waals surface area contributed by atoms with Crippen LogP contribution in [0.4, 0.5) is 13.2 Å². The van der Waals surface area contributed by atoms with Crippen LogP contribution in [-0.2, 0) is 17.8 Å². The second kappa shape index (κ2) is 10.3. The summed E-state index contributed by atoms with van der Waals surface area (Å²) in [6.07, 6.45) is -0.256. The Balaban J connectivity index is 1.22. The molecule has 0 saturated carbocycles. The molecular weight excluding hydrogens is 483 g/mol. The Kier molecular flexibility index (Phi) is 6.88. The van der Waals surface area contributed by atoms with Crippen LogP contribution in [0.2, 0.25) is 0 Å². The number of alkyl halides is 3. The van der Waals surface area contributed by atoms with Crippen molar-refractivity contribution in [1.82, 2.24) is 34.7 Å². The number of carbonyl (C=O) groups is 1. The minimum atomic E-state index is -4.47. The lowest BCUT2D eigenvalue weighted by molar-refractivity contribution is -0.162. The van der Waals surface area contributed by atoms with Crippen molar-refractivity contribution in [2.24, 2.45) is 0 Å². The second-order valence-corrected chi connectivity index (χ2v) is 9.25. The largest absolute Gasteiger partial charge is 0.397 e. The summed E-state index contributed by atoms with van der Waals surface area (Å²) in [5, 5.41) is 0. The number of piperazine rings is 1. The number of carbonyl (C=O) groups excluding carboxylic acids is 1. The van der Waals surface area contributed by atoms with E-state index in [1.165, 1.54) is 11.2 Å². The van der Waals surface area contributed by atoms with Crippen molar-refractivity contribution in [2.75, 3.05) is 26.2 Å². The fourth-order valence-corrected chi connectivity index (χ4v) is 4.59. The molecule has 0 aliphatic carbocycles. The standard InChI is InChI=1S/C26H26F3N7O/c1-17-14-30-16-32-25(17)19-2-3-21-22(11-19)34-23(33-21)12-20-10-18(4-5-31-20)15-35-6-8-36(9-7-35)24(37)13-26(27,28)29/h2-5,10-11,14,16H,6-9,12-13,15H2,1H3,(H,33,34). The molecule has 1 fully saturated rings. The van der Waals surface area contributed by atoms with Gasteiger partial charge in [0, 0.05) is 62.8 Å². The molecule has 1 aromatic carbocycles. The average Bonchev–Trinajstić information content (AvgIpc) is 3.25. The van der Waals surface area contributed by atoms with Crippen LogP contribution < -0.4 is 0 Å². The van der Waals surface area contributed by atoms with Gasteiger partial charge in [-0.3, -0.25) is 14.7 Å². The number of hydrogen-bond donors (Lipinski definition) is 1. The number of amides is 1. The highest BCUT2D eigenvalue weighted by atomic mass is 19.4. The molecule has 1 aliphatic heterocycles. The third-order valence-electron chi connectivity index (χ3n) is 6.41. The molecule has 0 bridgehead atoms. The van der Waals surface area contributed by atoms with Crippen molar-refractivity contribution in [2.45, 2.75) is 32.5 Å². The summed E-state index contributed by atoms with van der Waals surface area (Å²) in [7, 11) is 0. The third kappa shape index (κ3) is 6.11. The number of hydrogen-bond acceptors (Lipinski definition) is 6. The predicted octanol–water partition coefficient (Wildman–Crippen LogP) is 3.91. The fourth-order valence-electron chi connectivity index (χ4n) is 4.59. The van der Waals surface area contributed by atoms with Gasteiger partial charge in [0.1, 0.15) is 18.6 Å². The Morgan fingerprint density at radius 2 is 1.89 bits per heavy atom. The first kappa shape index (κ1) is 24.8. The first-order valence-electron chi connectivity index (χ1n) is 12.0. The van der Waals surface area contributed by atoms with Crippen LogP contribution in [-0.4, -0.2) is 73.0 Å². The van der Waals surface area contributed by atoms with E-state index in [0.717, 1.165) is 44.9 Å². The molecule has 1 saturated heterocycles. The van der Waals surface area contributed by atoms with E-state index in [-0.39, 0.29) is 0 Å². The number of nitrogens with zero attached hydrogens (tertiary/aromatic N) is 6. The number of halogens is 3. The van der Waals surface area contributed by atoms with Gasteiger partial charge in [0.15, 0.2) is 0 Å². The van der Waals surface area contributed by atoms with Crippen LogP contribution in [0.3, 0.4) is 0 Å². The SMILES string of the molecule is Cc1cncnc1-c1ccc2nc(Cc3cc(CN4CCN(C(=O)CC(F)(F)F)CC4)ccn3)[nH]c2c1. The molecule has 1 N–H and O–H groups in total. The van der Waals surface area contributed by atoms with Crippen molar-refractivity contribution < 1.29 is 18.0 Å². The fraction of sp³-hybridized carbons (Fsp3) is 0.346. The lowest BCUT2D eigenvalue weighted by Gasteiger charge is -2.35. The van der Waals surface area contributed by atoms with Crippen LogP contribution in [0, 0.1) is 6.92 Å². The molecule has 0 spiro atoms. The van der Waals surface area contributed by atoms with Crippen molar-refractivity contribution in [3.63, 3.8) is 0 Å².